The van der Waals surface area contributed by atoms with E-state index in [4.69, 9.17) is 0 Å². The van der Waals surface area contributed by atoms with Crippen LogP contribution in [0.5, 0.6) is 0 Å². The second-order valence-electron chi connectivity index (χ2n) is 3.81. The first kappa shape index (κ1) is 12.7. The second kappa shape index (κ2) is 5.65. The first-order valence-electron chi connectivity index (χ1n) is 5.36. The van der Waals surface area contributed by atoms with Crippen LogP contribution >= 0.6 is 0 Å². The van der Waals surface area contributed by atoms with E-state index in [-0.39, 0.29) is 11.9 Å². The van der Waals surface area contributed by atoms with Gasteiger partial charge in [-0.3, -0.25) is 9.48 Å². The third-order valence-electron chi connectivity index (χ3n) is 2.54. The maximum absolute atomic E-state index is 11.2. The minimum atomic E-state index is -0.672. The number of methoxy groups -OCH3 is 1. The van der Waals surface area contributed by atoms with Crippen molar-refractivity contribution < 1.29 is 14.6 Å². The van der Waals surface area contributed by atoms with Crippen molar-refractivity contribution in [1.82, 2.24) is 9.78 Å². The predicted octanol–water partition coefficient (Wildman–Crippen LogP) is 1.14. The van der Waals surface area contributed by atoms with Gasteiger partial charge in [0.05, 0.1) is 25.3 Å². The Hall–Kier alpha value is -1.36. The highest BCUT2D eigenvalue weighted by Crippen LogP contribution is 2.21. The van der Waals surface area contributed by atoms with Crippen molar-refractivity contribution in [3.8, 4) is 0 Å². The van der Waals surface area contributed by atoms with Crippen LogP contribution in [0.4, 0.5) is 0 Å². The van der Waals surface area contributed by atoms with Gasteiger partial charge in [0, 0.05) is 18.3 Å². The molecule has 0 aliphatic rings. The van der Waals surface area contributed by atoms with E-state index in [1.165, 1.54) is 7.11 Å². The van der Waals surface area contributed by atoms with Gasteiger partial charge in [0.1, 0.15) is 0 Å². The summed E-state index contributed by atoms with van der Waals surface area (Å²) in [5, 5.41) is 14.0. The van der Waals surface area contributed by atoms with Crippen LogP contribution in [0.2, 0.25) is 0 Å². The van der Waals surface area contributed by atoms with E-state index in [0.29, 0.717) is 6.42 Å². The molecule has 0 amide bonds. The van der Waals surface area contributed by atoms with Gasteiger partial charge in [-0.15, -0.1) is 0 Å². The van der Waals surface area contributed by atoms with Crippen LogP contribution in [0.25, 0.3) is 0 Å². The number of aliphatic hydroxyl groups is 1. The lowest BCUT2D eigenvalue weighted by Crippen LogP contribution is -2.15. The Kier molecular flexibility index (Phi) is 4.49. The minimum Gasteiger partial charge on any atom is -0.469 e. The van der Waals surface area contributed by atoms with Crippen LogP contribution in [0, 0.1) is 5.92 Å². The number of carbonyl (C=O) groups excluding carboxylic acids is 1. The summed E-state index contributed by atoms with van der Waals surface area (Å²) < 4.78 is 6.34. The number of aryl methyl sites for hydroxylation is 1. The fourth-order valence-electron chi connectivity index (χ4n) is 1.49. The molecule has 1 heterocycles. The first-order chi connectivity index (χ1) is 7.58. The van der Waals surface area contributed by atoms with Gasteiger partial charge in [-0.25, -0.2) is 0 Å². The summed E-state index contributed by atoms with van der Waals surface area (Å²) in [7, 11) is 1.35. The van der Waals surface area contributed by atoms with Crippen LogP contribution in [0.1, 0.15) is 31.9 Å². The molecule has 0 bridgehead atoms. The van der Waals surface area contributed by atoms with E-state index >= 15 is 0 Å². The number of aliphatic hydroxyl groups excluding tert-OH is 1. The van der Waals surface area contributed by atoms with Gasteiger partial charge in [0.15, 0.2) is 0 Å². The van der Waals surface area contributed by atoms with Crippen LogP contribution in [-0.2, 0) is 16.1 Å². The lowest BCUT2D eigenvalue weighted by atomic mass is 10.0. The fourth-order valence-corrected chi connectivity index (χ4v) is 1.49. The van der Waals surface area contributed by atoms with Gasteiger partial charge in [-0.1, -0.05) is 6.92 Å². The molecule has 90 valence electrons. The van der Waals surface area contributed by atoms with Crippen molar-refractivity contribution in [2.75, 3.05) is 7.11 Å². The topological polar surface area (TPSA) is 64.4 Å². The van der Waals surface area contributed by atoms with Crippen molar-refractivity contribution >= 4 is 5.97 Å². The molecule has 1 aromatic rings. The predicted molar refractivity (Wildman–Crippen MR) is 58.7 cm³/mol. The number of rotatable bonds is 5. The summed E-state index contributed by atoms with van der Waals surface area (Å²) in [6, 6.07) is 0. The number of nitrogens with zero attached hydrogens (tertiary/aromatic N) is 2. The molecule has 16 heavy (non-hydrogen) atoms. The Morgan fingerprint density at radius 3 is 2.88 bits per heavy atom. The average Bonchev–Trinajstić information content (AvgIpc) is 2.76. The molecule has 5 heteroatoms. The van der Waals surface area contributed by atoms with E-state index < -0.39 is 6.10 Å². The van der Waals surface area contributed by atoms with E-state index in [1.54, 1.807) is 24.0 Å². The van der Waals surface area contributed by atoms with Crippen molar-refractivity contribution in [2.24, 2.45) is 5.92 Å². The highest BCUT2D eigenvalue weighted by molar-refractivity contribution is 5.71. The molecule has 2 unspecified atom stereocenters. The molecule has 0 aliphatic carbocycles. The standard InChI is InChI=1S/C11H18N2O3/c1-4-13-7-9(6-12-13)10(14)5-8(2)11(15)16-3/h6-8,10,14H,4-5H2,1-3H3. The zero-order valence-corrected chi connectivity index (χ0v) is 9.88. The summed E-state index contributed by atoms with van der Waals surface area (Å²) in [5.41, 5.74) is 0.734. The van der Waals surface area contributed by atoms with Gasteiger partial charge >= 0.3 is 5.97 Å². The normalized spacial score (nSPS) is 14.5. The Bertz CT molecular complexity index is 349. The lowest BCUT2D eigenvalue weighted by Gasteiger charge is -2.13. The molecule has 0 radical (unpaired) electrons. The molecule has 5 nitrogen and oxygen atoms in total. The summed E-state index contributed by atoms with van der Waals surface area (Å²) in [4.78, 5) is 11.2. The summed E-state index contributed by atoms with van der Waals surface area (Å²) in [6.07, 6.45) is 3.09. The molecule has 0 aliphatic heterocycles. The Morgan fingerprint density at radius 1 is 1.69 bits per heavy atom. The second-order valence-corrected chi connectivity index (χ2v) is 3.81. The third-order valence-corrected chi connectivity index (χ3v) is 2.54. The van der Waals surface area contributed by atoms with E-state index in [9.17, 15) is 9.90 Å². The van der Waals surface area contributed by atoms with Crippen LogP contribution in [-0.4, -0.2) is 28.0 Å². The highest BCUT2D eigenvalue weighted by Gasteiger charge is 2.19. The van der Waals surface area contributed by atoms with Crippen LogP contribution in [0.15, 0.2) is 12.4 Å². The summed E-state index contributed by atoms with van der Waals surface area (Å²) >= 11 is 0. The molecule has 0 saturated heterocycles. The number of ether oxygens (including phenoxy) is 1. The number of aromatic nitrogens is 2. The lowest BCUT2D eigenvalue weighted by molar-refractivity contribution is -0.145. The summed E-state index contributed by atoms with van der Waals surface area (Å²) in [5.74, 6) is -0.619. The molecule has 0 fully saturated rings. The Labute approximate surface area is 95.0 Å². The van der Waals surface area contributed by atoms with Gasteiger partial charge in [0.2, 0.25) is 0 Å². The minimum absolute atomic E-state index is 0.304. The smallest absolute Gasteiger partial charge is 0.308 e. The largest absolute Gasteiger partial charge is 0.469 e. The van der Waals surface area contributed by atoms with Gasteiger partial charge in [-0.2, -0.15) is 5.10 Å². The molecule has 0 aromatic carbocycles. The third kappa shape index (κ3) is 3.06. The van der Waals surface area contributed by atoms with Crippen LogP contribution < -0.4 is 0 Å². The Balaban J connectivity index is 2.57. The van der Waals surface area contributed by atoms with Crippen molar-refractivity contribution in [1.29, 1.82) is 0 Å². The van der Waals surface area contributed by atoms with Crippen molar-refractivity contribution in [2.45, 2.75) is 32.9 Å². The average molecular weight is 226 g/mol. The Morgan fingerprint density at radius 2 is 2.38 bits per heavy atom. The molecule has 1 rings (SSSR count). The zero-order valence-electron chi connectivity index (χ0n) is 9.88. The van der Waals surface area contributed by atoms with Crippen LogP contribution in [0.3, 0.4) is 0 Å². The maximum atomic E-state index is 11.2. The van der Waals surface area contributed by atoms with E-state index in [0.717, 1.165) is 12.1 Å². The summed E-state index contributed by atoms with van der Waals surface area (Å²) in [6.45, 7) is 4.47. The molecule has 1 aromatic heterocycles. The molecule has 0 spiro atoms. The molecule has 2 atom stereocenters. The monoisotopic (exact) mass is 226 g/mol. The quantitative estimate of drug-likeness (QED) is 0.764. The fraction of sp³-hybridized carbons (Fsp3) is 0.636. The number of hydrogen-bond donors (Lipinski definition) is 1. The van der Waals surface area contributed by atoms with E-state index in [2.05, 4.69) is 9.84 Å². The van der Waals surface area contributed by atoms with Gasteiger partial charge in [-0.05, 0) is 13.3 Å². The number of hydrogen-bond acceptors (Lipinski definition) is 4. The molecule has 0 saturated carbocycles. The maximum Gasteiger partial charge on any atom is 0.308 e. The van der Waals surface area contributed by atoms with Gasteiger partial charge < -0.3 is 9.84 Å². The van der Waals surface area contributed by atoms with E-state index in [1.807, 2.05) is 6.92 Å². The first-order valence-corrected chi connectivity index (χ1v) is 5.36. The van der Waals surface area contributed by atoms with Gasteiger partial charge in [0.25, 0.3) is 0 Å². The van der Waals surface area contributed by atoms with Crippen molar-refractivity contribution in [3.63, 3.8) is 0 Å². The zero-order chi connectivity index (χ0) is 12.1. The molecular formula is C11H18N2O3. The molecular weight excluding hydrogens is 208 g/mol. The SMILES string of the molecule is CCn1cc(C(O)CC(C)C(=O)OC)cn1. The molecule has 1 N–H and O–H groups in total. The number of esters is 1. The van der Waals surface area contributed by atoms with Crippen molar-refractivity contribution in [3.05, 3.63) is 18.0 Å². The number of carbonyl (C=O) groups is 1. The highest BCUT2D eigenvalue weighted by atomic mass is 16.5.